The van der Waals surface area contributed by atoms with E-state index < -0.39 is 0 Å². The zero-order chi connectivity index (χ0) is 11.8. The summed E-state index contributed by atoms with van der Waals surface area (Å²) in [4.78, 5) is 0. The molecule has 0 amide bonds. The Morgan fingerprint density at radius 3 is 2.62 bits per heavy atom. The van der Waals surface area contributed by atoms with Crippen molar-refractivity contribution in [1.29, 1.82) is 0 Å². The minimum Gasteiger partial charge on any atom is -0.494 e. The first kappa shape index (κ1) is 11.9. The molecule has 2 N–H and O–H groups in total. The molecule has 1 saturated carbocycles. The van der Waals surface area contributed by atoms with E-state index in [2.05, 4.69) is 15.9 Å². The second-order valence-electron chi connectivity index (χ2n) is 4.31. The molecule has 1 aliphatic rings. The highest BCUT2D eigenvalue weighted by molar-refractivity contribution is 9.10. The van der Waals surface area contributed by atoms with Crippen LogP contribution in [0.1, 0.15) is 24.8 Å². The van der Waals surface area contributed by atoms with Crippen LogP contribution < -0.4 is 10.5 Å². The highest BCUT2D eigenvalue weighted by Gasteiger charge is 2.40. The normalized spacial score (nSPS) is 18.0. The fourth-order valence-corrected chi connectivity index (χ4v) is 2.72. The molecule has 4 heteroatoms. The summed E-state index contributed by atoms with van der Waals surface area (Å²) in [6, 6.07) is 3.46. The number of rotatable bonds is 3. The van der Waals surface area contributed by atoms with Crippen molar-refractivity contribution in [2.24, 2.45) is 5.73 Å². The molecule has 0 bridgehead atoms. The molecule has 2 rings (SSSR count). The van der Waals surface area contributed by atoms with Crippen molar-refractivity contribution in [3.05, 3.63) is 28.0 Å². The summed E-state index contributed by atoms with van der Waals surface area (Å²) < 4.78 is 20.0. The Labute approximate surface area is 103 Å². The van der Waals surface area contributed by atoms with Crippen LogP contribution in [0.5, 0.6) is 5.75 Å². The Kier molecular flexibility index (Phi) is 3.22. The lowest BCUT2D eigenvalue weighted by molar-refractivity contribution is 0.241. The third-order valence-electron chi connectivity index (χ3n) is 3.50. The van der Waals surface area contributed by atoms with Gasteiger partial charge in [-0.05, 0) is 25.0 Å². The molecule has 0 aliphatic heterocycles. The number of ether oxygens (including phenoxy) is 1. The first-order valence-electron chi connectivity index (χ1n) is 5.36. The van der Waals surface area contributed by atoms with Gasteiger partial charge in [0.05, 0.1) is 7.11 Å². The van der Waals surface area contributed by atoms with Crippen LogP contribution in [0, 0.1) is 5.82 Å². The van der Waals surface area contributed by atoms with Gasteiger partial charge in [0.15, 0.2) is 11.6 Å². The number of nitrogens with two attached hydrogens (primary N) is 1. The van der Waals surface area contributed by atoms with E-state index in [4.69, 9.17) is 10.5 Å². The van der Waals surface area contributed by atoms with E-state index in [1.807, 2.05) is 6.07 Å². The topological polar surface area (TPSA) is 35.2 Å². The van der Waals surface area contributed by atoms with Crippen molar-refractivity contribution in [3.63, 3.8) is 0 Å². The Bertz CT molecular complexity index is 399. The average molecular weight is 288 g/mol. The van der Waals surface area contributed by atoms with E-state index in [9.17, 15) is 4.39 Å². The monoisotopic (exact) mass is 287 g/mol. The highest BCUT2D eigenvalue weighted by Crippen LogP contribution is 2.46. The molecule has 2 nitrogen and oxygen atoms in total. The Hall–Kier alpha value is -0.610. The van der Waals surface area contributed by atoms with Gasteiger partial charge in [-0.1, -0.05) is 22.4 Å². The van der Waals surface area contributed by atoms with E-state index in [1.54, 1.807) is 6.07 Å². The molecule has 1 aliphatic carbocycles. The molecule has 0 radical (unpaired) electrons. The van der Waals surface area contributed by atoms with E-state index in [0.717, 1.165) is 23.7 Å². The Morgan fingerprint density at radius 2 is 2.19 bits per heavy atom. The minimum absolute atomic E-state index is 0.179. The first-order chi connectivity index (χ1) is 7.63. The van der Waals surface area contributed by atoms with Crippen molar-refractivity contribution in [2.45, 2.75) is 24.7 Å². The zero-order valence-corrected chi connectivity index (χ0v) is 10.8. The molecule has 1 fully saturated rings. The predicted molar refractivity (Wildman–Crippen MR) is 65.2 cm³/mol. The van der Waals surface area contributed by atoms with Crippen LogP contribution in [0.2, 0.25) is 0 Å². The molecule has 1 aromatic carbocycles. The van der Waals surface area contributed by atoms with Crippen LogP contribution in [0.4, 0.5) is 4.39 Å². The Morgan fingerprint density at radius 1 is 1.50 bits per heavy atom. The zero-order valence-electron chi connectivity index (χ0n) is 9.22. The summed E-state index contributed by atoms with van der Waals surface area (Å²) >= 11 is 3.38. The maximum Gasteiger partial charge on any atom is 0.168 e. The summed E-state index contributed by atoms with van der Waals surface area (Å²) in [5.41, 5.74) is 6.30. The SMILES string of the molecule is COc1cc(Br)cc(C2(CN)CCC2)c1F. The Balaban J connectivity index is 2.51. The fraction of sp³-hybridized carbons (Fsp3) is 0.500. The first-order valence-corrected chi connectivity index (χ1v) is 6.16. The molecule has 88 valence electrons. The minimum atomic E-state index is -0.268. The van der Waals surface area contributed by atoms with Crippen molar-refractivity contribution in [1.82, 2.24) is 0 Å². The van der Waals surface area contributed by atoms with Crippen LogP contribution in [-0.2, 0) is 5.41 Å². The molecule has 0 saturated heterocycles. The van der Waals surface area contributed by atoms with E-state index in [0.29, 0.717) is 12.1 Å². The summed E-state index contributed by atoms with van der Waals surface area (Å²) in [6.07, 6.45) is 3.03. The van der Waals surface area contributed by atoms with Gasteiger partial charge in [0.25, 0.3) is 0 Å². The highest BCUT2D eigenvalue weighted by atomic mass is 79.9. The molecule has 0 unspecified atom stereocenters. The lowest BCUT2D eigenvalue weighted by Gasteiger charge is -2.41. The van der Waals surface area contributed by atoms with Gasteiger partial charge >= 0.3 is 0 Å². The summed E-state index contributed by atoms with van der Waals surface area (Å²) in [5.74, 6) is 0.0138. The van der Waals surface area contributed by atoms with Crippen LogP contribution in [0.25, 0.3) is 0 Å². The van der Waals surface area contributed by atoms with Gasteiger partial charge in [0.2, 0.25) is 0 Å². The standard InChI is InChI=1S/C12H15BrFNO/c1-16-10-6-8(13)5-9(11(10)14)12(7-15)3-2-4-12/h5-6H,2-4,7,15H2,1H3. The van der Waals surface area contributed by atoms with E-state index in [-0.39, 0.29) is 17.0 Å². The molecule has 0 spiro atoms. The van der Waals surface area contributed by atoms with Gasteiger partial charge in [0, 0.05) is 22.0 Å². The molecule has 16 heavy (non-hydrogen) atoms. The number of hydrogen-bond donors (Lipinski definition) is 1. The molecule has 1 aromatic rings. The smallest absolute Gasteiger partial charge is 0.168 e. The second-order valence-corrected chi connectivity index (χ2v) is 5.22. The second kappa shape index (κ2) is 4.34. The largest absolute Gasteiger partial charge is 0.494 e. The van der Waals surface area contributed by atoms with Crippen molar-refractivity contribution in [2.75, 3.05) is 13.7 Å². The molecule has 0 aromatic heterocycles. The maximum absolute atomic E-state index is 14.2. The molecule has 0 heterocycles. The van der Waals surface area contributed by atoms with Crippen molar-refractivity contribution < 1.29 is 9.13 Å². The number of benzene rings is 1. The van der Waals surface area contributed by atoms with Gasteiger partial charge in [-0.3, -0.25) is 0 Å². The van der Waals surface area contributed by atoms with Gasteiger partial charge in [-0.25, -0.2) is 4.39 Å². The summed E-state index contributed by atoms with van der Waals surface area (Å²) in [7, 11) is 1.48. The van der Waals surface area contributed by atoms with E-state index in [1.165, 1.54) is 7.11 Å². The lowest BCUT2D eigenvalue weighted by Crippen LogP contribution is -2.42. The fourth-order valence-electron chi connectivity index (χ4n) is 2.29. The van der Waals surface area contributed by atoms with Crippen LogP contribution in [0.15, 0.2) is 16.6 Å². The van der Waals surface area contributed by atoms with Crippen LogP contribution in [0.3, 0.4) is 0 Å². The third-order valence-corrected chi connectivity index (χ3v) is 3.95. The van der Waals surface area contributed by atoms with Gasteiger partial charge in [0.1, 0.15) is 0 Å². The van der Waals surface area contributed by atoms with Crippen molar-refractivity contribution >= 4 is 15.9 Å². The van der Waals surface area contributed by atoms with Crippen molar-refractivity contribution in [3.8, 4) is 5.75 Å². The summed E-state index contributed by atoms with van der Waals surface area (Å²) in [6.45, 7) is 0.490. The average Bonchev–Trinajstić information content (AvgIpc) is 2.21. The summed E-state index contributed by atoms with van der Waals surface area (Å²) in [5, 5.41) is 0. The van der Waals surface area contributed by atoms with Crippen LogP contribution in [-0.4, -0.2) is 13.7 Å². The molecular formula is C12H15BrFNO. The maximum atomic E-state index is 14.2. The quantitative estimate of drug-likeness (QED) is 0.928. The lowest BCUT2D eigenvalue weighted by atomic mass is 9.64. The molecule has 0 atom stereocenters. The molecular weight excluding hydrogens is 273 g/mol. The van der Waals surface area contributed by atoms with Gasteiger partial charge in [-0.15, -0.1) is 0 Å². The number of hydrogen-bond acceptors (Lipinski definition) is 2. The predicted octanol–water partition coefficient (Wildman–Crippen LogP) is 2.98. The number of halogens is 2. The third kappa shape index (κ3) is 1.74. The van der Waals surface area contributed by atoms with Gasteiger partial charge in [-0.2, -0.15) is 0 Å². The van der Waals surface area contributed by atoms with Crippen LogP contribution >= 0.6 is 15.9 Å². The van der Waals surface area contributed by atoms with Gasteiger partial charge < -0.3 is 10.5 Å². The number of methoxy groups -OCH3 is 1. The van der Waals surface area contributed by atoms with E-state index >= 15 is 0 Å².